The van der Waals surface area contributed by atoms with Crippen molar-refractivity contribution in [1.82, 2.24) is 10.2 Å². The molecule has 0 radical (unpaired) electrons. The SMILES string of the molecule is CC(=O)NCc1ccc(OCCCN(Cc2cccc(C(F)(F)F)c2Cl)CC(C)(C)c2ccccc2)cc1S(C)(=O)=O. The fraction of sp³-hybridized carbons (Fsp3) is 0.387. The predicted molar refractivity (Wildman–Crippen MR) is 158 cm³/mol. The highest BCUT2D eigenvalue weighted by molar-refractivity contribution is 7.90. The summed E-state index contributed by atoms with van der Waals surface area (Å²) in [6, 6.07) is 18.5. The van der Waals surface area contributed by atoms with E-state index in [1.807, 2.05) is 30.3 Å². The average Bonchev–Trinajstić information content (AvgIpc) is 2.90. The van der Waals surface area contributed by atoms with Gasteiger partial charge in [0.2, 0.25) is 5.91 Å². The van der Waals surface area contributed by atoms with E-state index in [1.165, 1.54) is 19.1 Å². The molecule has 0 bridgehead atoms. The van der Waals surface area contributed by atoms with E-state index in [0.717, 1.165) is 17.9 Å². The van der Waals surface area contributed by atoms with E-state index in [-0.39, 0.29) is 40.9 Å². The lowest BCUT2D eigenvalue weighted by Crippen LogP contribution is -2.37. The number of halogens is 4. The number of rotatable bonds is 13. The van der Waals surface area contributed by atoms with Gasteiger partial charge in [0, 0.05) is 44.8 Å². The van der Waals surface area contributed by atoms with Gasteiger partial charge in [0.1, 0.15) is 5.75 Å². The Kier molecular flexibility index (Phi) is 11.1. The van der Waals surface area contributed by atoms with Crippen molar-refractivity contribution in [2.75, 3.05) is 26.0 Å². The van der Waals surface area contributed by atoms with Gasteiger partial charge in [0.05, 0.1) is 22.1 Å². The number of hydrogen-bond acceptors (Lipinski definition) is 5. The third-order valence-electron chi connectivity index (χ3n) is 6.81. The first kappa shape index (κ1) is 33.4. The molecule has 3 aromatic carbocycles. The van der Waals surface area contributed by atoms with Crippen LogP contribution in [0.5, 0.6) is 5.75 Å². The zero-order chi connectivity index (χ0) is 31.1. The Morgan fingerprint density at radius 2 is 1.69 bits per heavy atom. The molecule has 0 saturated heterocycles. The van der Waals surface area contributed by atoms with E-state index < -0.39 is 21.6 Å². The topological polar surface area (TPSA) is 75.7 Å². The van der Waals surface area contributed by atoms with Crippen molar-refractivity contribution in [2.24, 2.45) is 0 Å². The van der Waals surface area contributed by atoms with E-state index in [2.05, 4.69) is 24.1 Å². The number of alkyl halides is 3. The summed E-state index contributed by atoms with van der Waals surface area (Å²) in [7, 11) is -3.58. The molecule has 3 rings (SSSR count). The number of amides is 1. The Morgan fingerprint density at radius 3 is 2.31 bits per heavy atom. The average molecular weight is 625 g/mol. The molecule has 0 fully saturated rings. The van der Waals surface area contributed by atoms with Crippen LogP contribution in [0.15, 0.2) is 71.6 Å². The molecule has 1 N–H and O–H groups in total. The van der Waals surface area contributed by atoms with Crippen LogP contribution in [0.1, 0.15) is 49.4 Å². The second kappa shape index (κ2) is 13.9. The Labute approximate surface area is 250 Å². The summed E-state index contributed by atoms with van der Waals surface area (Å²) < 4.78 is 71.1. The third-order valence-corrected chi connectivity index (χ3v) is 8.43. The second-order valence-corrected chi connectivity index (χ2v) is 13.3. The van der Waals surface area contributed by atoms with Gasteiger partial charge in [-0.25, -0.2) is 8.42 Å². The standard InChI is InChI=1S/C31H36ClF3N2O4S/c1-22(38)36-19-23-14-15-26(18-28(23)42(4,39)40)41-17-9-16-37(21-30(2,3)25-11-6-5-7-12-25)20-24-10-8-13-27(29(24)32)31(33,34)35/h5-8,10-15,18H,9,16-17,19-21H2,1-4H3,(H,36,38). The van der Waals surface area contributed by atoms with Crippen LogP contribution < -0.4 is 10.1 Å². The first-order chi connectivity index (χ1) is 19.6. The summed E-state index contributed by atoms with van der Waals surface area (Å²) in [5.74, 6) is 0.0836. The predicted octanol–water partition coefficient (Wildman–Crippen LogP) is 6.65. The molecule has 0 aliphatic heterocycles. The minimum atomic E-state index is -4.56. The molecule has 0 spiro atoms. The number of benzene rings is 3. The van der Waals surface area contributed by atoms with Gasteiger partial charge in [-0.05, 0) is 41.3 Å². The van der Waals surface area contributed by atoms with Crippen LogP contribution in [0, 0.1) is 0 Å². The molecule has 1 amide bonds. The van der Waals surface area contributed by atoms with E-state index in [1.54, 1.807) is 18.2 Å². The maximum absolute atomic E-state index is 13.5. The van der Waals surface area contributed by atoms with Crippen molar-refractivity contribution < 1.29 is 31.1 Å². The number of nitrogens with zero attached hydrogens (tertiary/aromatic N) is 1. The summed E-state index contributed by atoms with van der Waals surface area (Å²) in [5.41, 5.74) is 0.741. The van der Waals surface area contributed by atoms with Gasteiger partial charge >= 0.3 is 6.18 Å². The Bertz CT molecular complexity index is 1480. The fourth-order valence-electron chi connectivity index (χ4n) is 4.73. The number of ether oxygens (including phenoxy) is 1. The minimum absolute atomic E-state index is 0.0687. The molecule has 11 heteroatoms. The molecule has 0 aliphatic carbocycles. The van der Waals surface area contributed by atoms with Crippen molar-refractivity contribution in [3.63, 3.8) is 0 Å². The molecule has 0 aromatic heterocycles. The quantitative estimate of drug-likeness (QED) is 0.216. The Hall–Kier alpha value is -3.08. The number of nitrogens with one attached hydrogen (secondary N) is 1. The van der Waals surface area contributed by atoms with Crippen molar-refractivity contribution in [2.45, 2.75) is 56.8 Å². The number of carbonyl (C=O) groups is 1. The van der Waals surface area contributed by atoms with Gasteiger partial charge in [-0.1, -0.05) is 74.0 Å². The van der Waals surface area contributed by atoms with Crippen molar-refractivity contribution in [3.8, 4) is 5.75 Å². The number of sulfone groups is 1. The fourth-order valence-corrected chi connectivity index (χ4v) is 5.97. The highest BCUT2D eigenvalue weighted by Crippen LogP contribution is 2.37. The second-order valence-electron chi connectivity index (χ2n) is 10.9. The Morgan fingerprint density at radius 1 is 1.00 bits per heavy atom. The van der Waals surface area contributed by atoms with Crippen molar-refractivity contribution in [1.29, 1.82) is 0 Å². The zero-order valence-corrected chi connectivity index (χ0v) is 25.7. The van der Waals surface area contributed by atoms with Crippen LogP contribution in [0.4, 0.5) is 13.2 Å². The van der Waals surface area contributed by atoms with Gasteiger partial charge in [-0.15, -0.1) is 0 Å². The molecule has 0 aliphatic rings. The molecule has 0 heterocycles. The highest BCUT2D eigenvalue weighted by Gasteiger charge is 2.34. The van der Waals surface area contributed by atoms with E-state index in [4.69, 9.17) is 16.3 Å². The number of carbonyl (C=O) groups excluding carboxylic acids is 1. The van der Waals surface area contributed by atoms with E-state index >= 15 is 0 Å². The molecule has 6 nitrogen and oxygen atoms in total. The van der Waals surface area contributed by atoms with Crippen LogP contribution >= 0.6 is 11.6 Å². The molecule has 42 heavy (non-hydrogen) atoms. The lowest BCUT2D eigenvalue weighted by molar-refractivity contribution is -0.137. The summed E-state index contributed by atoms with van der Waals surface area (Å²) in [6.07, 6.45) is -2.95. The van der Waals surface area contributed by atoms with Gasteiger partial charge in [-0.3, -0.25) is 9.69 Å². The molecule has 3 aromatic rings. The Balaban J connectivity index is 1.76. The van der Waals surface area contributed by atoms with Gasteiger partial charge in [-0.2, -0.15) is 13.2 Å². The summed E-state index contributed by atoms with van der Waals surface area (Å²) in [4.78, 5) is 13.4. The number of hydrogen-bond donors (Lipinski definition) is 1. The van der Waals surface area contributed by atoms with Crippen LogP contribution in [0.2, 0.25) is 5.02 Å². The van der Waals surface area contributed by atoms with E-state index in [9.17, 15) is 26.4 Å². The minimum Gasteiger partial charge on any atom is -0.494 e. The van der Waals surface area contributed by atoms with Gasteiger partial charge in [0.25, 0.3) is 0 Å². The van der Waals surface area contributed by atoms with Gasteiger partial charge < -0.3 is 10.1 Å². The van der Waals surface area contributed by atoms with Crippen molar-refractivity contribution in [3.05, 3.63) is 94.0 Å². The highest BCUT2D eigenvalue weighted by atomic mass is 35.5. The first-order valence-electron chi connectivity index (χ1n) is 13.4. The molecular weight excluding hydrogens is 589 g/mol. The van der Waals surface area contributed by atoms with Crippen LogP contribution in [0.3, 0.4) is 0 Å². The summed E-state index contributed by atoms with van der Waals surface area (Å²) >= 11 is 6.23. The van der Waals surface area contributed by atoms with Crippen LogP contribution in [0.25, 0.3) is 0 Å². The molecule has 228 valence electrons. The molecule has 0 unspecified atom stereocenters. The largest absolute Gasteiger partial charge is 0.494 e. The summed E-state index contributed by atoms with van der Waals surface area (Å²) in [5, 5.41) is 2.29. The lowest BCUT2D eigenvalue weighted by Gasteiger charge is -2.33. The van der Waals surface area contributed by atoms with Crippen molar-refractivity contribution >= 4 is 27.3 Å². The smallest absolute Gasteiger partial charge is 0.417 e. The van der Waals surface area contributed by atoms with E-state index in [0.29, 0.717) is 36.4 Å². The van der Waals surface area contributed by atoms with Gasteiger partial charge in [0.15, 0.2) is 9.84 Å². The third kappa shape index (κ3) is 9.47. The van der Waals surface area contributed by atoms with Crippen LogP contribution in [-0.2, 0) is 39.3 Å². The zero-order valence-electron chi connectivity index (χ0n) is 24.1. The first-order valence-corrected chi connectivity index (χ1v) is 15.7. The summed E-state index contributed by atoms with van der Waals surface area (Å²) in [6.45, 7) is 7.05. The maximum Gasteiger partial charge on any atom is 0.417 e. The maximum atomic E-state index is 13.5. The molecule has 0 saturated carbocycles. The molecule has 0 atom stereocenters. The molecular formula is C31H36ClF3N2O4S. The van der Waals surface area contributed by atoms with Crippen LogP contribution in [-0.4, -0.2) is 45.2 Å². The normalized spacial score (nSPS) is 12.4. The lowest BCUT2D eigenvalue weighted by atomic mass is 9.84. The monoisotopic (exact) mass is 624 g/mol.